The Balaban J connectivity index is 1.73. The van der Waals surface area contributed by atoms with E-state index >= 15 is 0 Å². The summed E-state index contributed by atoms with van der Waals surface area (Å²) in [6.45, 7) is 0.114. The Kier molecular flexibility index (Phi) is 3.87. The van der Waals surface area contributed by atoms with Crippen molar-refractivity contribution in [1.29, 1.82) is 0 Å². The van der Waals surface area contributed by atoms with E-state index in [-0.39, 0.29) is 18.4 Å². The molecule has 0 saturated carbocycles. The summed E-state index contributed by atoms with van der Waals surface area (Å²) in [7, 11) is 0. The van der Waals surface area contributed by atoms with Crippen LogP contribution in [0.2, 0.25) is 0 Å². The number of aromatic nitrogens is 2. The van der Waals surface area contributed by atoms with Crippen molar-refractivity contribution < 1.29 is 22.6 Å². The third-order valence-electron chi connectivity index (χ3n) is 3.69. The van der Waals surface area contributed by atoms with Crippen LogP contribution in [0.5, 0.6) is 11.5 Å². The van der Waals surface area contributed by atoms with Gasteiger partial charge in [0.05, 0.1) is 0 Å². The smallest absolute Gasteiger partial charge is 0.433 e. The lowest BCUT2D eigenvalue weighted by atomic mass is 10.2. The Morgan fingerprint density at radius 2 is 1.65 bits per heavy atom. The number of nitrogens with one attached hydrogen (secondary N) is 1. The van der Waals surface area contributed by atoms with E-state index in [1.807, 2.05) is 0 Å². The Bertz CT molecular complexity index is 946. The molecule has 3 aromatic rings. The Hall–Kier alpha value is -3.29. The molecule has 1 aromatic heterocycles. The van der Waals surface area contributed by atoms with E-state index in [0.717, 1.165) is 6.07 Å². The van der Waals surface area contributed by atoms with Crippen molar-refractivity contribution in [1.82, 2.24) is 9.97 Å². The van der Waals surface area contributed by atoms with Gasteiger partial charge in [-0.05, 0) is 12.1 Å². The van der Waals surface area contributed by atoms with Crippen molar-refractivity contribution in [2.75, 3.05) is 12.1 Å². The molecule has 0 spiro atoms. The minimum absolute atomic E-state index is 0.0105. The molecule has 2 aromatic carbocycles. The van der Waals surface area contributed by atoms with Crippen molar-refractivity contribution in [2.45, 2.75) is 6.18 Å². The van der Waals surface area contributed by atoms with Gasteiger partial charge < -0.3 is 14.8 Å². The van der Waals surface area contributed by atoms with Gasteiger partial charge in [0.15, 0.2) is 23.0 Å². The summed E-state index contributed by atoms with van der Waals surface area (Å²) in [6.07, 6.45) is -4.59. The molecule has 1 aliphatic heterocycles. The Morgan fingerprint density at radius 1 is 0.885 bits per heavy atom. The first-order valence-electron chi connectivity index (χ1n) is 7.67. The lowest BCUT2D eigenvalue weighted by molar-refractivity contribution is -0.141. The van der Waals surface area contributed by atoms with Crippen molar-refractivity contribution in [3.05, 3.63) is 60.3 Å². The van der Waals surface area contributed by atoms with Crippen LogP contribution in [0.4, 0.5) is 24.7 Å². The number of anilines is 2. The van der Waals surface area contributed by atoms with Gasteiger partial charge >= 0.3 is 6.18 Å². The van der Waals surface area contributed by atoms with Crippen molar-refractivity contribution in [3.8, 4) is 22.9 Å². The lowest BCUT2D eigenvalue weighted by Gasteiger charge is -2.12. The highest BCUT2D eigenvalue weighted by Crippen LogP contribution is 2.36. The molecule has 1 aliphatic rings. The highest BCUT2D eigenvalue weighted by molar-refractivity contribution is 5.64. The predicted octanol–water partition coefficient (Wildman–Crippen LogP) is 4.63. The normalized spacial score (nSPS) is 12.9. The van der Waals surface area contributed by atoms with Gasteiger partial charge in [0.1, 0.15) is 5.82 Å². The molecule has 2 heterocycles. The van der Waals surface area contributed by atoms with Crippen molar-refractivity contribution in [3.63, 3.8) is 0 Å². The van der Waals surface area contributed by atoms with Crippen molar-refractivity contribution >= 4 is 11.5 Å². The molecule has 0 fully saturated rings. The van der Waals surface area contributed by atoms with E-state index < -0.39 is 11.9 Å². The third kappa shape index (κ3) is 3.26. The topological polar surface area (TPSA) is 56.3 Å². The summed E-state index contributed by atoms with van der Waals surface area (Å²) >= 11 is 0. The summed E-state index contributed by atoms with van der Waals surface area (Å²) in [5, 5.41) is 2.87. The van der Waals surface area contributed by atoms with Gasteiger partial charge in [0.25, 0.3) is 0 Å². The minimum atomic E-state index is -4.59. The van der Waals surface area contributed by atoms with Gasteiger partial charge in [-0.15, -0.1) is 0 Å². The van der Waals surface area contributed by atoms with Gasteiger partial charge in [0.2, 0.25) is 6.79 Å². The van der Waals surface area contributed by atoms with Crippen LogP contribution in [0.1, 0.15) is 5.69 Å². The molecule has 1 N–H and O–H groups in total. The number of nitrogens with zero attached hydrogens (tertiary/aromatic N) is 2. The summed E-state index contributed by atoms with van der Waals surface area (Å²) in [5.74, 6) is 1.12. The summed E-state index contributed by atoms with van der Waals surface area (Å²) < 4.78 is 50.2. The van der Waals surface area contributed by atoms with Crippen molar-refractivity contribution in [2.24, 2.45) is 0 Å². The molecule has 0 saturated heterocycles. The van der Waals surface area contributed by atoms with E-state index in [2.05, 4.69) is 15.3 Å². The predicted molar refractivity (Wildman–Crippen MR) is 88.3 cm³/mol. The van der Waals surface area contributed by atoms with Gasteiger partial charge in [-0.3, -0.25) is 0 Å². The first kappa shape index (κ1) is 16.2. The molecular formula is C18H12F3N3O2. The van der Waals surface area contributed by atoms with Gasteiger partial charge in [-0.1, -0.05) is 30.3 Å². The molecule has 0 amide bonds. The zero-order valence-corrected chi connectivity index (χ0v) is 13.2. The number of rotatable bonds is 3. The second-order valence-corrected chi connectivity index (χ2v) is 5.52. The van der Waals surface area contributed by atoms with Crippen LogP contribution in [0.15, 0.2) is 54.6 Å². The number of ether oxygens (including phenoxy) is 2. The number of halogens is 3. The molecule has 0 aliphatic carbocycles. The largest absolute Gasteiger partial charge is 0.454 e. The molecule has 26 heavy (non-hydrogen) atoms. The van der Waals surface area contributed by atoms with E-state index in [0.29, 0.717) is 22.7 Å². The average Bonchev–Trinajstić information content (AvgIpc) is 3.09. The fraction of sp³-hybridized carbons (Fsp3) is 0.111. The van der Waals surface area contributed by atoms with Crippen LogP contribution in [-0.2, 0) is 6.18 Å². The molecule has 0 atom stereocenters. The highest BCUT2D eigenvalue weighted by atomic mass is 19.4. The maximum absolute atomic E-state index is 13.2. The summed E-state index contributed by atoms with van der Waals surface area (Å²) in [5.41, 5.74) is 0.00187. The monoisotopic (exact) mass is 359 g/mol. The SMILES string of the molecule is FC(F)(F)c1cc(Nc2ccc3c(c2)OCO3)nc(-c2ccccc2)n1. The lowest BCUT2D eigenvalue weighted by Crippen LogP contribution is -2.11. The highest BCUT2D eigenvalue weighted by Gasteiger charge is 2.34. The van der Waals surface area contributed by atoms with Crippen LogP contribution in [-0.4, -0.2) is 16.8 Å². The quantitative estimate of drug-likeness (QED) is 0.739. The average molecular weight is 359 g/mol. The van der Waals surface area contributed by atoms with Crippen LogP contribution >= 0.6 is 0 Å². The second-order valence-electron chi connectivity index (χ2n) is 5.52. The zero-order valence-electron chi connectivity index (χ0n) is 13.2. The van der Waals surface area contributed by atoms with E-state index in [1.165, 1.54) is 0 Å². The first-order valence-corrected chi connectivity index (χ1v) is 7.67. The maximum Gasteiger partial charge on any atom is 0.433 e. The minimum Gasteiger partial charge on any atom is -0.454 e. The third-order valence-corrected chi connectivity index (χ3v) is 3.69. The van der Waals surface area contributed by atoms with E-state index in [9.17, 15) is 13.2 Å². The van der Waals surface area contributed by atoms with Gasteiger partial charge in [0, 0.05) is 23.4 Å². The van der Waals surface area contributed by atoms with Crippen LogP contribution in [0.3, 0.4) is 0 Å². The van der Waals surface area contributed by atoms with E-state index in [1.54, 1.807) is 48.5 Å². The second kappa shape index (κ2) is 6.21. The van der Waals surface area contributed by atoms with Gasteiger partial charge in [-0.25, -0.2) is 9.97 Å². The van der Waals surface area contributed by atoms with Gasteiger partial charge in [-0.2, -0.15) is 13.2 Å². The number of fused-ring (bicyclic) bond motifs is 1. The number of hydrogen-bond donors (Lipinski definition) is 1. The van der Waals surface area contributed by atoms with Crippen LogP contribution in [0, 0.1) is 0 Å². The van der Waals surface area contributed by atoms with Crippen LogP contribution in [0.25, 0.3) is 11.4 Å². The number of hydrogen-bond acceptors (Lipinski definition) is 5. The summed E-state index contributed by atoms with van der Waals surface area (Å²) in [6, 6.07) is 14.4. The number of alkyl halides is 3. The molecule has 132 valence electrons. The Labute approximate surface area is 146 Å². The zero-order chi connectivity index (χ0) is 18.1. The Morgan fingerprint density at radius 3 is 2.42 bits per heavy atom. The molecule has 0 radical (unpaired) electrons. The maximum atomic E-state index is 13.2. The fourth-order valence-corrected chi connectivity index (χ4v) is 2.49. The molecule has 8 heteroatoms. The first-order chi connectivity index (χ1) is 12.5. The molecule has 0 bridgehead atoms. The molecule has 0 unspecified atom stereocenters. The van der Waals surface area contributed by atoms with E-state index in [4.69, 9.17) is 9.47 Å². The standard InChI is InChI=1S/C18H12F3N3O2/c19-18(20,21)15-9-16(24-17(23-15)11-4-2-1-3-5-11)22-12-6-7-13-14(8-12)26-10-25-13/h1-9H,10H2,(H,22,23,24). The number of benzene rings is 2. The summed E-state index contributed by atoms with van der Waals surface area (Å²) in [4.78, 5) is 7.87. The molecular weight excluding hydrogens is 347 g/mol. The molecule has 4 rings (SSSR count). The fourth-order valence-electron chi connectivity index (χ4n) is 2.49. The van der Waals surface area contributed by atoms with Crippen LogP contribution < -0.4 is 14.8 Å². The molecule has 5 nitrogen and oxygen atoms in total.